The van der Waals surface area contributed by atoms with Crippen LogP contribution in [0.4, 0.5) is 5.69 Å². The molecule has 9 heteroatoms. The lowest BCUT2D eigenvalue weighted by atomic mass is 9.64. The highest BCUT2D eigenvalue weighted by atomic mass is 16.5. The molecule has 1 aromatic rings. The highest BCUT2D eigenvalue weighted by Gasteiger charge is 2.79. The van der Waals surface area contributed by atoms with Crippen molar-refractivity contribution in [2.24, 2.45) is 17.8 Å². The van der Waals surface area contributed by atoms with Gasteiger partial charge in [-0.1, -0.05) is 52.2 Å². The summed E-state index contributed by atoms with van der Waals surface area (Å²) in [5, 5.41) is 10.7. The second kappa shape index (κ2) is 14.5. The van der Waals surface area contributed by atoms with E-state index in [0.717, 1.165) is 32.1 Å². The molecule has 1 saturated carbocycles. The van der Waals surface area contributed by atoms with Crippen molar-refractivity contribution in [2.45, 2.75) is 115 Å². The van der Waals surface area contributed by atoms with E-state index in [1.165, 1.54) is 0 Å². The lowest BCUT2D eigenvalue weighted by Gasteiger charge is -2.42. The van der Waals surface area contributed by atoms with E-state index in [0.29, 0.717) is 50.3 Å². The Morgan fingerprint density at radius 1 is 1.06 bits per heavy atom. The summed E-state index contributed by atoms with van der Waals surface area (Å²) < 4.78 is 12.7. The number of hydrogen-bond donors (Lipinski definition) is 1. The van der Waals surface area contributed by atoms with Gasteiger partial charge in [0, 0.05) is 24.8 Å². The van der Waals surface area contributed by atoms with E-state index in [1.54, 1.807) is 22.0 Å². The average molecular weight is 650 g/mol. The van der Waals surface area contributed by atoms with Gasteiger partial charge in [0.05, 0.1) is 36.7 Å². The molecule has 3 heterocycles. The smallest absolute Gasteiger partial charge is 0.248 e. The lowest BCUT2D eigenvalue weighted by Crippen LogP contribution is -2.60. The summed E-state index contributed by atoms with van der Waals surface area (Å²) in [5.74, 6) is -1.36. The van der Waals surface area contributed by atoms with E-state index in [4.69, 9.17) is 9.47 Å². The van der Waals surface area contributed by atoms with Crippen LogP contribution in [0.25, 0.3) is 0 Å². The summed E-state index contributed by atoms with van der Waals surface area (Å²) in [5.41, 5.74) is -1.37. The molecule has 0 aromatic heterocycles. The van der Waals surface area contributed by atoms with Crippen molar-refractivity contribution < 1.29 is 29.0 Å². The first-order chi connectivity index (χ1) is 22.6. The number of rotatable bonds is 15. The minimum Gasteiger partial charge on any atom is -0.494 e. The van der Waals surface area contributed by atoms with Crippen LogP contribution in [0.15, 0.2) is 49.6 Å². The Kier molecular flexibility index (Phi) is 10.9. The Morgan fingerprint density at radius 2 is 1.74 bits per heavy atom. The molecule has 1 aromatic carbocycles. The fraction of sp³-hybridized carbons (Fsp3) is 0.658. The minimum atomic E-state index is -1.17. The van der Waals surface area contributed by atoms with E-state index in [9.17, 15) is 14.7 Å². The molecule has 3 aliphatic heterocycles. The summed E-state index contributed by atoms with van der Waals surface area (Å²) in [6.45, 7) is 16.8. The molecule has 3 saturated heterocycles. The molecule has 47 heavy (non-hydrogen) atoms. The van der Waals surface area contributed by atoms with Gasteiger partial charge in [0.15, 0.2) is 0 Å². The Hall–Kier alpha value is -3.17. The summed E-state index contributed by atoms with van der Waals surface area (Å²) in [6.07, 6.45) is 10.7. The van der Waals surface area contributed by atoms with Crippen LogP contribution in [0, 0.1) is 17.8 Å². The van der Waals surface area contributed by atoms with Crippen molar-refractivity contribution >= 4 is 23.4 Å². The van der Waals surface area contributed by atoms with Crippen LogP contribution >= 0.6 is 0 Å². The minimum absolute atomic E-state index is 0.0539. The summed E-state index contributed by atoms with van der Waals surface area (Å²) >= 11 is 0. The third-order valence-corrected chi connectivity index (χ3v) is 11.1. The number of anilines is 1. The van der Waals surface area contributed by atoms with Crippen LogP contribution in [0.5, 0.6) is 5.75 Å². The molecule has 1 aliphatic carbocycles. The monoisotopic (exact) mass is 649 g/mol. The van der Waals surface area contributed by atoms with Crippen LogP contribution < -0.4 is 9.64 Å². The molecule has 6 atom stereocenters. The van der Waals surface area contributed by atoms with Gasteiger partial charge in [0.2, 0.25) is 17.7 Å². The number of benzene rings is 1. The van der Waals surface area contributed by atoms with Gasteiger partial charge in [-0.2, -0.15) is 0 Å². The van der Waals surface area contributed by atoms with Crippen LogP contribution in [0.2, 0.25) is 0 Å². The van der Waals surface area contributed by atoms with Gasteiger partial charge in [-0.15, -0.1) is 13.2 Å². The largest absolute Gasteiger partial charge is 0.494 e. The third-order valence-electron chi connectivity index (χ3n) is 11.1. The van der Waals surface area contributed by atoms with Gasteiger partial charge in [-0.25, -0.2) is 0 Å². The molecule has 5 rings (SSSR count). The number of nitrogens with zero attached hydrogens (tertiary/aromatic N) is 3. The Labute approximate surface area is 280 Å². The fourth-order valence-electron chi connectivity index (χ4n) is 9.14. The molecule has 0 radical (unpaired) electrons. The third kappa shape index (κ3) is 6.14. The molecule has 258 valence electrons. The maximum absolute atomic E-state index is 15.0. The van der Waals surface area contributed by atoms with E-state index in [2.05, 4.69) is 27.0 Å². The van der Waals surface area contributed by atoms with Crippen molar-refractivity contribution in [3.63, 3.8) is 0 Å². The van der Waals surface area contributed by atoms with E-state index < -0.39 is 35.1 Å². The van der Waals surface area contributed by atoms with Crippen LogP contribution in [0.3, 0.4) is 0 Å². The number of hydrogen-bond acceptors (Lipinski definition) is 6. The molecular weight excluding hydrogens is 594 g/mol. The van der Waals surface area contributed by atoms with Gasteiger partial charge in [0.1, 0.15) is 17.4 Å². The highest BCUT2D eigenvalue weighted by molar-refractivity contribution is 6.03. The summed E-state index contributed by atoms with van der Waals surface area (Å²) in [6, 6.07) is 5.94. The Bertz CT molecular complexity index is 1310. The normalized spacial score (nSPS) is 29.1. The van der Waals surface area contributed by atoms with Gasteiger partial charge in [0.25, 0.3) is 0 Å². The van der Waals surface area contributed by atoms with Gasteiger partial charge < -0.3 is 29.3 Å². The molecule has 9 nitrogen and oxygen atoms in total. The molecule has 3 amide bonds. The first-order valence-electron chi connectivity index (χ1n) is 17.8. The standard InChI is InChI=1S/C38H55N3O6/c1-7-22-39(28-16-18-30(19-17-28)46-10-4)34(43)31-32-35(44)41(29(25-42)24-26(5)6)33(38(32)21-20-37(31,9-3)47-38)36(45)40(23-8-2)27-14-12-11-13-15-27/h7-8,16-19,26-27,29,31-33,42H,1-2,9-15,20-25H2,3-6H3/t29-,31+,32+,33?,37-,38?/m1/s1. The van der Waals surface area contributed by atoms with Crippen molar-refractivity contribution in [2.75, 3.05) is 31.2 Å². The SMILES string of the molecule is C=CCN(C(=O)[C@@H]1[C@H]2C(=O)N([C@@H](CO)CC(C)C)C(C(=O)N(CC=C)C3CCCCC3)C23CC[C@@]1(CC)O3)c1ccc(OCC)cc1. The lowest BCUT2D eigenvalue weighted by molar-refractivity contribution is -0.158. The highest BCUT2D eigenvalue weighted by Crippen LogP contribution is 2.65. The molecule has 4 fully saturated rings. The van der Waals surface area contributed by atoms with E-state index in [-0.39, 0.29) is 42.8 Å². The fourth-order valence-corrected chi connectivity index (χ4v) is 9.14. The number of likely N-dealkylation sites (tertiary alicyclic amines) is 1. The van der Waals surface area contributed by atoms with E-state index >= 15 is 4.79 Å². The zero-order valence-electron chi connectivity index (χ0n) is 28.9. The maximum atomic E-state index is 15.0. The topological polar surface area (TPSA) is 99.6 Å². The van der Waals surface area contributed by atoms with Gasteiger partial charge >= 0.3 is 0 Å². The van der Waals surface area contributed by atoms with Crippen molar-refractivity contribution in [3.8, 4) is 5.75 Å². The van der Waals surface area contributed by atoms with E-state index in [1.807, 2.05) is 43.0 Å². The molecule has 1 spiro atoms. The zero-order valence-corrected chi connectivity index (χ0v) is 28.9. The number of fused-ring (bicyclic) bond motifs is 1. The first kappa shape index (κ1) is 35.1. The molecular formula is C38H55N3O6. The number of carbonyl (C=O) groups is 3. The summed E-state index contributed by atoms with van der Waals surface area (Å²) in [7, 11) is 0. The first-order valence-corrected chi connectivity index (χ1v) is 17.8. The number of carbonyl (C=O) groups excluding carboxylic acids is 3. The van der Waals surface area contributed by atoms with Crippen molar-refractivity contribution in [3.05, 3.63) is 49.6 Å². The number of aliphatic hydroxyl groups is 1. The summed E-state index contributed by atoms with van der Waals surface area (Å²) in [4.78, 5) is 50.1. The predicted molar refractivity (Wildman–Crippen MR) is 183 cm³/mol. The molecule has 4 aliphatic rings. The van der Waals surface area contributed by atoms with Gasteiger partial charge in [-0.3, -0.25) is 14.4 Å². The molecule has 1 N–H and O–H groups in total. The average Bonchev–Trinajstić information content (AvgIpc) is 3.69. The predicted octanol–water partition coefficient (Wildman–Crippen LogP) is 5.51. The van der Waals surface area contributed by atoms with Crippen molar-refractivity contribution in [1.29, 1.82) is 0 Å². The van der Waals surface area contributed by atoms with Crippen LogP contribution in [-0.4, -0.2) is 88.3 Å². The van der Waals surface area contributed by atoms with Crippen LogP contribution in [-0.2, 0) is 19.1 Å². The van der Waals surface area contributed by atoms with Crippen LogP contribution in [0.1, 0.15) is 85.5 Å². The molecule has 2 unspecified atom stereocenters. The second-order valence-corrected chi connectivity index (χ2v) is 14.3. The molecule has 2 bridgehead atoms. The number of aliphatic hydroxyl groups excluding tert-OH is 1. The number of amides is 3. The quantitative estimate of drug-likeness (QED) is 0.252. The Balaban J connectivity index is 1.61. The zero-order chi connectivity index (χ0) is 33.9. The van der Waals surface area contributed by atoms with Crippen molar-refractivity contribution in [1.82, 2.24) is 9.80 Å². The maximum Gasteiger partial charge on any atom is 0.248 e. The second-order valence-electron chi connectivity index (χ2n) is 14.3. The van der Waals surface area contributed by atoms with Gasteiger partial charge in [-0.05, 0) is 75.6 Å². The number of ether oxygens (including phenoxy) is 2. The Morgan fingerprint density at radius 3 is 2.32 bits per heavy atom.